The highest BCUT2D eigenvalue weighted by atomic mass is 32.2. The number of fused-ring (bicyclic) bond motifs is 1. The van der Waals surface area contributed by atoms with Crippen molar-refractivity contribution in [3.8, 4) is 0 Å². The first-order chi connectivity index (χ1) is 8.00. The van der Waals surface area contributed by atoms with E-state index < -0.39 is 0 Å². The van der Waals surface area contributed by atoms with Gasteiger partial charge in [-0.2, -0.15) is 0 Å². The summed E-state index contributed by atoms with van der Waals surface area (Å²) in [6.07, 6.45) is 1.93. The van der Waals surface area contributed by atoms with Crippen LogP contribution in [0.1, 0.15) is 21.5 Å². The Morgan fingerprint density at radius 3 is 2.53 bits per heavy atom. The van der Waals surface area contributed by atoms with E-state index in [0.717, 1.165) is 27.3 Å². The van der Waals surface area contributed by atoms with Crippen molar-refractivity contribution in [3.63, 3.8) is 0 Å². The van der Waals surface area contributed by atoms with Gasteiger partial charge < -0.3 is 4.90 Å². The Kier molecular flexibility index (Phi) is 3.29. The number of thioether (sulfide) groups is 1. The highest BCUT2D eigenvalue weighted by Gasteiger charge is 2.25. The lowest BCUT2D eigenvalue weighted by Gasteiger charge is -2.21. The predicted octanol–water partition coefficient (Wildman–Crippen LogP) is 3.04. The number of ketones is 1. The molecule has 17 heavy (non-hydrogen) atoms. The molecule has 1 aliphatic rings. The van der Waals surface area contributed by atoms with Gasteiger partial charge in [-0.3, -0.25) is 4.79 Å². The van der Waals surface area contributed by atoms with Gasteiger partial charge in [0.15, 0.2) is 5.78 Å². The lowest BCUT2D eigenvalue weighted by Crippen LogP contribution is -2.17. The number of carbonyl (C=O) groups excluding carboxylic acids is 1. The summed E-state index contributed by atoms with van der Waals surface area (Å²) in [4.78, 5) is 15.5. The minimum absolute atomic E-state index is 0.189. The molecule has 0 saturated carbocycles. The minimum atomic E-state index is 0.189. The van der Waals surface area contributed by atoms with Crippen molar-refractivity contribution in [1.82, 2.24) is 4.90 Å². The molecular weight excluding hydrogens is 230 g/mol. The summed E-state index contributed by atoms with van der Waals surface area (Å²) < 4.78 is 0. The zero-order valence-corrected chi connectivity index (χ0v) is 11.5. The second-order valence-electron chi connectivity index (χ2n) is 4.64. The second-order valence-corrected chi connectivity index (χ2v) is 5.62. The summed E-state index contributed by atoms with van der Waals surface area (Å²) >= 11 is 1.77. The molecule has 0 N–H and O–H groups in total. The molecule has 90 valence electrons. The number of hydrogen-bond acceptors (Lipinski definition) is 3. The van der Waals surface area contributed by atoms with E-state index in [9.17, 15) is 4.79 Å². The van der Waals surface area contributed by atoms with Gasteiger partial charge in [0.1, 0.15) is 0 Å². The molecule has 0 bridgehead atoms. The summed E-state index contributed by atoms with van der Waals surface area (Å²) in [6.45, 7) is 4.08. The third-order valence-electron chi connectivity index (χ3n) is 2.87. The molecular formula is C14H17NOS. The fourth-order valence-electron chi connectivity index (χ4n) is 2.04. The quantitative estimate of drug-likeness (QED) is 0.711. The number of rotatable bonds is 1. The van der Waals surface area contributed by atoms with Gasteiger partial charge in [-0.15, -0.1) is 11.8 Å². The topological polar surface area (TPSA) is 20.3 Å². The molecule has 0 amide bonds. The fourth-order valence-corrected chi connectivity index (χ4v) is 3.24. The standard InChI is InChI=1S/C14H17NOS/c1-9-5-6-10(2)14-12(9)13(16)11(8-17-14)7-15(3)4/h5-7H,8H2,1-4H3/b11-7+. The van der Waals surface area contributed by atoms with E-state index in [1.54, 1.807) is 11.8 Å². The van der Waals surface area contributed by atoms with Crippen molar-refractivity contribution < 1.29 is 4.79 Å². The van der Waals surface area contributed by atoms with Crippen molar-refractivity contribution in [2.24, 2.45) is 0 Å². The van der Waals surface area contributed by atoms with Crippen LogP contribution in [0.4, 0.5) is 0 Å². The zero-order valence-electron chi connectivity index (χ0n) is 10.7. The van der Waals surface area contributed by atoms with Crippen LogP contribution in [-0.4, -0.2) is 30.5 Å². The molecule has 0 saturated heterocycles. The van der Waals surface area contributed by atoms with Crippen molar-refractivity contribution in [1.29, 1.82) is 0 Å². The highest BCUT2D eigenvalue weighted by molar-refractivity contribution is 7.99. The number of Topliss-reactive ketones (excluding diaryl/α,β-unsaturated/α-hetero) is 1. The van der Waals surface area contributed by atoms with E-state index in [2.05, 4.69) is 13.0 Å². The van der Waals surface area contributed by atoms with Crippen LogP contribution in [0.3, 0.4) is 0 Å². The smallest absolute Gasteiger partial charge is 0.192 e. The second kappa shape index (κ2) is 4.57. The fraction of sp³-hybridized carbons (Fsp3) is 0.357. The molecule has 0 atom stereocenters. The SMILES string of the molecule is Cc1ccc(C)c2c1SC/C(=C\N(C)C)C2=O. The molecule has 0 radical (unpaired) electrons. The Morgan fingerprint density at radius 2 is 1.88 bits per heavy atom. The number of nitrogens with zero attached hydrogens (tertiary/aromatic N) is 1. The van der Waals surface area contributed by atoms with Crippen molar-refractivity contribution >= 4 is 17.5 Å². The first kappa shape index (κ1) is 12.2. The largest absolute Gasteiger partial charge is 0.383 e. The molecule has 1 aliphatic heterocycles. The molecule has 0 fully saturated rings. The molecule has 0 spiro atoms. The van der Waals surface area contributed by atoms with Gasteiger partial charge in [-0.25, -0.2) is 0 Å². The Morgan fingerprint density at radius 1 is 1.24 bits per heavy atom. The van der Waals surface area contributed by atoms with E-state index in [-0.39, 0.29) is 5.78 Å². The van der Waals surface area contributed by atoms with E-state index in [4.69, 9.17) is 0 Å². The number of benzene rings is 1. The van der Waals surface area contributed by atoms with Crippen LogP contribution in [0.5, 0.6) is 0 Å². The Bertz CT molecular complexity index is 503. The van der Waals surface area contributed by atoms with Gasteiger partial charge in [-0.05, 0) is 25.0 Å². The molecule has 1 aromatic rings. The average molecular weight is 247 g/mol. The van der Waals surface area contributed by atoms with Crippen LogP contribution >= 0.6 is 11.8 Å². The van der Waals surface area contributed by atoms with Crippen LogP contribution in [-0.2, 0) is 0 Å². The van der Waals surface area contributed by atoms with Crippen LogP contribution in [0.15, 0.2) is 28.8 Å². The summed E-state index contributed by atoms with van der Waals surface area (Å²) in [6, 6.07) is 4.13. The molecule has 1 heterocycles. The van der Waals surface area contributed by atoms with Gasteiger partial charge >= 0.3 is 0 Å². The Labute approximate surface area is 107 Å². The van der Waals surface area contributed by atoms with Gasteiger partial charge in [0.05, 0.1) is 0 Å². The maximum absolute atomic E-state index is 12.4. The van der Waals surface area contributed by atoms with Crippen molar-refractivity contribution in [2.75, 3.05) is 19.8 Å². The van der Waals surface area contributed by atoms with Gasteiger partial charge in [-0.1, -0.05) is 12.1 Å². The van der Waals surface area contributed by atoms with E-state index in [0.29, 0.717) is 0 Å². The zero-order chi connectivity index (χ0) is 12.6. The summed E-state index contributed by atoms with van der Waals surface area (Å²) in [5, 5.41) is 0. The van der Waals surface area contributed by atoms with E-state index in [1.807, 2.05) is 38.2 Å². The average Bonchev–Trinajstić information content (AvgIpc) is 2.26. The molecule has 2 nitrogen and oxygen atoms in total. The maximum Gasteiger partial charge on any atom is 0.192 e. The number of aryl methyl sites for hydroxylation is 2. The Hall–Kier alpha value is -1.22. The highest BCUT2D eigenvalue weighted by Crippen LogP contribution is 2.36. The molecule has 0 unspecified atom stereocenters. The molecule has 2 rings (SSSR count). The predicted molar refractivity (Wildman–Crippen MR) is 72.7 cm³/mol. The first-order valence-electron chi connectivity index (χ1n) is 5.65. The van der Waals surface area contributed by atoms with Crippen LogP contribution in [0, 0.1) is 13.8 Å². The van der Waals surface area contributed by atoms with E-state index >= 15 is 0 Å². The van der Waals surface area contributed by atoms with E-state index in [1.165, 1.54) is 5.56 Å². The van der Waals surface area contributed by atoms with Crippen LogP contribution in [0.2, 0.25) is 0 Å². The summed E-state index contributed by atoms with van der Waals surface area (Å²) in [5.41, 5.74) is 4.07. The summed E-state index contributed by atoms with van der Waals surface area (Å²) in [5.74, 6) is 0.961. The van der Waals surface area contributed by atoms with Crippen molar-refractivity contribution in [3.05, 3.63) is 40.6 Å². The minimum Gasteiger partial charge on any atom is -0.383 e. The molecule has 1 aromatic carbocycles. The third kappa shape index (κ3) is 2.25. The lowest BCUT2D eigenvalue weighted by molar-refractivity contribution is 0.102. The van der Waals surface area contributed by atoms with Gasteiger partial charge in [0.25, 0.3) is 0 Å². The molecule has 0 aromatic heterocycles. The molecule has 3 heteroatoms. The van der Waals surface area contributed by atoms with Gasteiger partial charge in [0.2, 0.25) is 0 Å². The monoisotopic (exact) mass is 247 g/mol. The normalized spacial score (nSPS) is 17.2. The first-order valence-corrected chi connectivity index (χ1v) is 6.64. The number of carbonyl (C=O) groups is 1. The summed E-state index contributed by atoms with van der Waals surface area (Å²) in [7, 11) is 3.90. The van der Waals surface area contributed by atoms with Crippen molar-refractivity contribution in [2.45, 2.75) is 18.7 Å². The molecule has 0 aliphatic carbocycles. The lowest BCUT2D eigenvalue weighted by atomic mass is 9.97. The van der Waals surface area contributed by atoms with Gasteiger partial charge in [0, 0.05) is 42.1 Å². The van der Waals surface area contributed by atoms with Crippen LogP contribution < -0.4 is 0 Å². The third-order valence-corrected chi connectivity index (χ3v) is 4.14. The van der Waals surface area contributed by atoms with Crippen LogP contribution in [0.25, 0.3) is 0 Å². The maximum atomic E-state index is 12.4. The number of hydrogen-bond donors (Lipinski definition) is 0. The Balaban J connectivity index is 2.53.